The van der Waals surface area contributed by atoms with Crippen molar-refractivity contribution in [1.29, 1.82) is 0 Å². The van der Waals surface area contributed by atoms with Crippen LogP contribution in [0.4, 0.5) is 0 Å². The number of nitrogens with one attached hydrogen (secondary N) is 2. The molecule has 26 heavy (non-hydrogen) atoms. The second-order valence-corrected chi connectivity index (χ2v) is 5.66. The average molecular weight is 472 g/mol. The molecule has 1 aromatic heterocycles. The Morgan fingerprint density at radius 2 is 2.04 bits per heavy atom. The number of hydrogen-bond acceptors (Lipinski definition) is 5. The van der Waals surface area contributed by atoms with Gasteiger partial charge in [0, 0.05) is 33.1 Å². The lowest BCUT2D eigenvalue weighted by Gasteiger charge is -2.12. The molecule has 0 radical (unpaired) electrons. The van der Waals surface area contributed by atoms with E-state index in [0.29, 0.717) is 6.79 Å². The summed E-state index contributed by atoms with van der Waals surface area (Å²) < 4.78 is 12.8. The van der Waals surface area contributed by atoms with E-state index in [9.17, 15) is 0 Å². The molecule has 0 fully saturated rings. The van der Waals surface area contributed by atoms with Crippen LogP contribution in [0, 0.1) is 0 Å². The number of guanidine groups is 1. The molecular weight excluding hydrogens is 447 g/mol. The number of halogens is 1. The van der Waals surface area contributed by atoms with Gasteiger partial charge in [0.25, 0.3) is 0 Å². The molecule has 9 heteroatoms. The third kappa shape index (κ3) is 5.23. The number of rotatable bonds is 7. The molecule has 1 aliphatic rings. The van der Waals surface area contributed by atoms with Crippen molar-refractivity contribution in [3.05, 3.63) is 35.9 Å². The molecule has 1 aromatic carbocycles. The summed E-state index contributed by atoms with van der Waals surface area (Å²) in [6.45, 7) is 4.73. The van der Waals surface area contributed by atoms with Crippen LogP contribution in [0.3, 0.4) is 0 Å². The zero-order valence-corrected chi connectivity index (χ0v) is 17.4. The van der Waals surface area contributed by atoms with Gasteiger partial charge in [-0.25, -0.2) is 0 Å². The number of hydrogen-bond donors (Lipinski definition) is 2. The van der Waals surface area contributed by atoms with Crippen LogP contribution >= 0.6 is 24.0 Å². The molecule has 0 saturated carbocycles. The van der Waals surface area contributed by atoms with E-state index >= 15 is 0 Å². The molecule has 8 nitrogen and oxygen atoms in total. The van der Waals surface area contributed by atoms with E-state index in [4.69, 9.17) is 9.47 Å². The standard InChI is InChI=1S/C17H24N6O2.HI/c1-3-16-22-21-11-23(16)9-8-20-17(18-2)19-7-6-13-4-5-14-15(10-13)25-12-24-14;/h4-5,10-11H,3,6-9,12H2,1-2H3,(H2,18,19,20);1H. The second-order valence-electron chi connectivity index (χ2n) is 5.66. The lowest BCUT2D eigenvalue weighted by Crippen LogP contribution is -2.39. The molecule has 2 N–H and O–H groups in total. The molecule has 1 aliphatic heterocycles. The number of aromatic nitrogens is 3. The van der Waals surface area contributed by atoms with Crippen LogP contribution in [0.25, 0.3) is 0 Å². The van der Waals surface area contributed by atoms with Crippen molar-refractivity contribution in [2.75, 3.05) is 26.9 Å². The van der Waals surface area contributed by atoms with Gasteiger partial charge in [0.15, 0.2) is 17.5 Å². The summed E-state index contributed by atoms with van der Waals surface area (Å²) in [4.78, 5) is 4.25. The molecule has 2 heterocycles. The molecule has 0 unspecified atom stereocenters. The zero-order chi connectivity index (χ0) is 17.5. The minimum Gasteiger partial charge on any atom is -0.454 e. The molecule has 0 bridgehead atoms. The first-order valence-corrected chi connectivity index (χ1v) is 8.50. The Morgan fingerprint density at radius 3 is 2.85 bits per heavy atom. The lowest BCUT2D eigenvalue weighted by atomic mass is 10.1. The number of ether oxygens (including phenoxy) is 2. The van der Waals surface area contributed by atoms with Crippen molar-refractivity contribution >= 4 is 29.9 Å². The first-order chi connectivity index (χ1) is 12.3. The normalized spacial score (nSPS) is 12.6. The van der Waals surface area contributed by atoms with E-state index in [1.165, 1.54) is 5.56 Å². The van der Waals surface area contributed by atoms with E-state index in [1.807, 2.05) is 16.7 Å². The van der Waals surface area contributed by atoms with Crippen molar-refractivity contribution in [1.82, 2.24) is 25.4 Å². The highest BCUT2D eigenvalue weighted by Crippen LogP contribution is 2.32. The van der Waals surface area contributed by atoms with Crippen molar-refractivity contribution in [2.24, 2.45) is 4.99 Å². The molecule has 0 atom stereocenters. The molecule has 0 amide bonds. The van der Waals surface area contributed by atoms with Crippen LogP contribution in [0.1, 0.15) is 18.3 Å². The lowest BCUT2D eigenvalue weighted by molar-refractivity contribution is 0.174. The van der Waals surface area contributed by atoms with Gasteiger partial charge in [-0.2, -0.15) is 0 Å². The van der Waals surface area contributed by atoms with Gasteiger partial charge in [-0.3, -0.25) is 4.99 Å². The van der Waals surface area contributed by atoms with E-state index in [-0.39, 0.29) is 24.0 Å². The highest BCUT2D eigenvalue weighted by atomic mass is 127. The molecule has 2 aromatic rings. The Labute approximate surface area is 170 Å². The zero-order valence-electron chi connectivity index (χ0n) is 15.1. The molecule has 0 saturated heterocycles. The number of nitrogens with zero attached hydrogens (tertiary/aromatic N) is 4. The molecular formula is C17H25IN6O2. The molecule has 0 spiro atoms. The quantitative estimate of drug-likeness (QED) is 0.362. The van der Waals surface area contributed by atoms with Crippen LogP contribution in [0.15, 0.2) is 29.5 Å². The first-order valence-electron chi connectivity index (χ1n) is 8.50. The summed E-state index contributed by atoms with van der Waals surface area (Å²) in [6.07, 6.45) is 3.52. The van der Waals surface area contributed by atoms with Gasteiger partial charge in [-0.15, -0.1) is 34.2 Å². The maximum absolute atomic E-state index is 5.40. The maximum Gasteiger partial charge on any atom is 0.231 e. The third-order valence-corrected chi connectivity index (χ3v) is 4.02. The Kier molecular flexibility index (Phi) is 7.95. The van der Waals surface area contributed by atoms with Crippen molar-refractivity contribution in [2.45, 2.75) is 26.3 Å². The Balaban J connectivity index is 0.00000243. The van der Waals surface area contributed by atoms with Crippen LogP contribution in [0.2, 0.25) is 0 Å². The summed E-state index contributed by atoms with van der Waals surface area (Å²) in [5.41, 5.74) is 1.20. The van der Waals surface area contributed by atoms with Gasteiger partial charge in [-0.05, 0) is 24.1 Å². The van der Waals surface area contributed by atoms with Gasteiger partial charge in [0.05, 0.1) is 0 Å². The Hall–Kier alpha value is -2.04. The van der Waals surface area contributed by atoms with Crippen molar-refractivity contribution in [3.63, 3.8) is 0 Å². The fraction of sp³-hybridized carbons (Fsp3) is 0.471. The number of aliphatic imine (C=N–C) groups is 1. The Morgan fingerprint density at radius 1 is 1.23 bits per heavy atom. The molecule has 3 rings (SSSR count). The van der Waals surface area contributed by atoms with Gasteiger partial charge >= 0.3 is 0 Å². The largest absolute Gasteiger partial charge is 0.454 e. The van der Waals surface area contributed by atoms with Crippen molar-refractivity contribution < 1.29 is 9.47 Å². The van der Waals surface area contributed by atoms with E-state index in [2.05, 4.69) is 38.8 Å². The smallest absolute Gasteiger partial charge is 0.231 e. The summed E-state index contributed by atoms with van der Waals surface area (Å²) in [5.74, 6) is 3.41. The van der Waals surface area contributed by atoms with E-state index in [0.717, 1.165) is 55.8 Å². The monoisotopic (exact) mass is 472 g/mol. The fourth-order valence-corrected chi connectivity index (χ4v) is 2.68. The van der Waals surface area contributed by atoms with Crippen LogP contribution < -0.4 is 20.1 Å². The molecule has 142 valence electrons. The third-order valence-electron chi connectivity index (χ3n) is 4.02. The summed E-state index contributed by atoms with van der Waals surface area (Å²) in [5, 5.41) is 14.6. The van der Waals surface area contributed by atoms with Gasteiger partial charge < -0.3 is 24.7 Å². The summed E-state index contributed by atoms with van der Waals surface area (Å²) in [6, 6.07) is 6.04. The second kappa shape index (κ2) is 10.2. The topological polar surface area (TPSA) is 85.6 Å². The van der Waals surface area contributed by atoms with Crippen LogP contribution in [-0.2, 0) is 19.4 Å². The molecule has 0 aliphatic carbocycles. The van der Waals surface area contributed by atoms with Gasteiger partial charge in [-0.1, -0.05) is 13.0 Å². The fourth-order valence-electron chi connectivity index (χ4n) is 2.68. The van der Waals surface area contributed by atoms with Crippen LogP contribution in [-0.4, -0.2) is 47.7 Å². The van der Waals surface area contributed by atoms with Crippen molar-refractivity contribution in [3.8, 4) is 11.5 Å². The van der Waals surface area contributed by atoms with Crippen LogP contribution in [0.5, 0.6) is 11.5 Å². The minimum atomic E-state index is 0. The van der Waals surface area contributed by atoms with E-state index < -0.39 is 0 Å². The highest BCUT2D eigenvalue weighted by molar-refractivity contribution is 14.0. The average Bonchev–Trinajstić information content (AvgIpc) is 3.28. The number of fused-ring (bicyclic) bond motifs is 1. The first kappa shape index (κ1) is 20.3. The van der Waals surface area contributed by atoms with Gasteiger partial charge in [0.1, 0.15) is 12.2 Å². The highest BCUT2D eigenvalue weighted by Gasteiger charge is 2.12. The van der Waals surface area contributed by atoms with E-state index in [1.54, 1.807) is 13.4 Å². The maximum atomic E-state index is 5.40. The predicted molar refractivity (Wildman–Crippen MR) is 110 cm³/mol. The number of aryl methyl sites for hydroxylation is 1. The Bertz CT molecular complexity index is 734. The summed E-state index contributed by atoms with van der Waals surface area (Å²) in [7, 11) is 1.77. The predicted octanol–water partition coefficient (Wildman–Crippen LogP) is 1.59. The SMILES string of the molecule is CCc1nncn1CCNC(=NC)NCCc1ccc2c(c1)OCO2.I. The minimum absolute atomic E-state index is 0. The number of benzene rings is 1. The van der Waals surface area contributed by atoms with Gasteiger partial charge in [0.2, 0.25) is 6.79 Å². The summed E-state index contributed by atoms with van der Waals surface area (Å²) >= 11 is 0.